The minimum atomic E-state index is -0.425. The van der Waals surface area contributed by atoms with Gasteiger partial charge in [-0.05, 0) is 42.5 Å². The molecule has 30 heavy (non-hydrogen) atoms. The van der Waals surface area contributed by atoms with E-state index >= 15 is 0 Å². The van der Waals surface area contributed by atoms with E-state index in [1.807, 2.05) is 42.5 Å². The van der Waals surface area contributed by atoms with Gasteiger partial charge in [-0.25, -0.2) is 4.79 Å². The summed E-state index contributed by atoms with van der Waals surface area (Å²) in [4.78, 5) is 14.8. The molecule has 150 valence electrons. The molecule has 0 spiro atoms. The number of aromatic nitrogens is 1. The number of halogens is 2. The van der Waals surface area contributed by atoms with Crippen LogP contribution in [0.2, 0.25) is 10.0 Å². The van der Waals surface area contributed by atoms with Crippen LogP contribution in [0.5, 0.6) is 0 Å². The van der Waals surface area contributed by atoms with Gasteiger partial charge >= 0.3 is 6.09 Å². The van der Waals surface area contributed by atoms with Crippen LogP contribution in [0.25, 0.3) is 0 Å². The van der Waals surface area contributed by atoms with E-state index < -0.39 is 6.09 Å². The van der Waals surface area contributed by atoms with Gasteiger partial charge in [0, 0.05) is 39.1 Å². The number of pyridine rings is 1. The molecule has 0 bridgehead atoms. The van der Waals surface area contributed by atoms with E-state index in [2.05, 4.69) is 35.0 Å². The summed E-state index contributed by atoms with van der Waals surface area (Å²) in [6, 6.07) is 18.8. The molecule has 1 aliphatic heterocycles. The van der Waals surface area contributed by atoms with Gasteiger partial charge in [0.2, 0.25) is 0 Å². The number of nitrogens with zero attached hydrogens (tertiary/aromatic N) is 1. The lowest BCUT2D eigenvalue weighted by Gasteiger charge is -2.09. The van der Waals surface area contributed by atoms with Crippen molar-refractivity contribution >= 4 is 29.3 Å². The lowest BCUT2D eigenvalue weighted by Crippen LogP contribution is -2.12. The highest BCUT2D eigenvalue weighted by molar-refractivity contribution is 6.33. The number of hydrogen-bond acceptors (Lipinski definition) is 3. The van der Waals surface area contributed by atoms with Crippen molar-refractivity contribution in [2.24, 2.45) is 0 Å². The quantitative estimate of drug-likeness (QED) is 0.511. The highest BCUT2D eigenvalue weighted by atomic mass is 35.5. The number of ether oxygens (including phenoxy) is 1. The lowest BCUT2D eigenvalue weighted by atomic mass is 10.1. The molecule has 1 N–H and O–H groups in total. The number of alkyl carbamates (subject to hydrolysis) is 1. The van der Waals surface area contributed by atoms with Crippen LogP contribution in [-0.4, -0.2) is 17.6 Å². The third-order valence-electron chi connectivity index (χ3n) is 3.77. The third kappa shape index (κ3) is 7.18. The average molecular weight is 437 g/mol. The topological polar surface area (TPSA) is 51.2 Å². The van der Waals surface area contributed by atoms with E-state index in [0.717, 1.165) is 16.7 Å². The second-order valence-electron chi connectivity index (χ2n) is 5.80. The first-order valence-electron chi connectivity index (χ1n) is 8.81. The van der Waals surface area contributed by atoms with Crippen LogP contribution >= 0.6 is 23.2 Å². The molecule has 2 aromatic carbocycles. The summed E-state index contributed by atoms with van der Waals surface area (Å²) in [7, 11) is 0. The summed E-state index contributed by atoms with van der Waals surface area (Å²) in [5, 5.41) is 3.68. The normalized spacial score (nSPS) is 13.7. The Balaban J connectivity index is 0.000000197. The van der Waals surface area contributed by atoms with E-state index in [9.17, 15) is 4.79 Å². The molecule has 6 heteroatoms. The Morgan fingerprint density at radius 1 is 1.00 bits per heavy atom. The van der Waals surface area contributed by atoms with Crippen molar-refractivity contribution in [1.29, 1.82) is 0 Å². The molecule has 0 radical (unpaired) electrons. The standard InChI is InChI=1S/C13H9N.C9H7Cl2NO2.C2H2/c1-2-5-12(6-3-1)8-9-13-7-4-10-14-11-13;10-5-1-2-7(11)6(3-5)8-4-12-9(13)14-8;1-2/h1-7,10-11H;1-3,8H,4H2,(H,12,13);1-2H/t;8-;/m.1./s1. The summed E-state index contributed by atoms with van der Waals surface area (Å²) < 4.78 is 4.99. The summed E-state index contributed by atoms with van der Waals surface area (Å²) in [6.45, 7) is 0.429. The number of carbonyl (C=O) groups is 1. The third-order valence-corrected chi connectivity index (χ3v) is 4.35. The Hall–Kier alpha value is -3.44. The first-order valence-corrected chi connectivity index (χ1v) is 9.57. The molecule has 1 aliphatic rings. The van der Waals surface area contributed by atoms with Crippen molar-refractivity contribution in [3.63, 3.8) is 0 Å². The molecule has 3 aromatic rings. The fourth-order valence-electron chi connectivity index (χ4n) is 2.43. The zero-order valence-corrected chi connectivity index (χ0v) is 17.4. The zero-order chi connectivity index (χ0) is 21.8. The Morgan fingerprint density at radius 3 is 2.33 bits per heavy atom. The molecule has 1 fully saturated rings. The average Bonchev–Trinajstić information content (AvgIpc) is 3.23. The summed E-state index contributed by atoms with van der Waals surface area (Å²) in [5.74, 6) is 6.12. The molecule has 0 saturated carbocycles. The summed E-state index contributed by atoms with van der Waals surface area (Å²) in [5.41, 5.74) is 2.70. The van der Waals surface area contributed by atoms with Gasteiger partial charge in [0.25, 0.3) is 0 Å². The fraction of sp³-hybridized carbons (Fsp3) is 0.0833. The van der Waals surface area contributed by atoms with Crippen LogP contribution in [0.3, 0.4) is 0 Å². The largest absolute Gasteiger partial charge is 0.439 e. The van der Waals surface area contributed by atoms with Gasteiger partial charge in [-0.1, -0.05) is 53.2 Å². The monoisotopic (exact) mass is 436 g/mol. The van der Waals surface area contributed by atoms with Crippen LogP contribution in [0, 0.1) is 24.7 Å². The van der Waals surface area contributed by atoms with Crippen LogP contribution < -0.4 is 5.32 Å². The lowest BCUT2D eigenvalue weighted by molar-refractivity contribution is 0.141. The van der Waals surface area contributed by atoms with Crippen molar-refractivity contribution in [3.05, 3.63) is 99.8 Å². The van der Waals surface area contributed by atoms with E-state index in [-0.39, 0.29) is 6.10 Å². The maximum atomic E-state index is 10.8. The first kappa shape index (κ1) is 22.8. The second kappa shape index (κ2) is 12.2. The predicted molar refractivity (Wildman–Crippen MR) is 120 cm³/mol. The molecule has 4 nitrogen and oxygen atoms in total. The van der Waals surface area contributed by atoms with Gasteiger partial charge in [-0.15, -0.1) is 12.8 Å². The number of rotatable bonds is 1. The molecule has 0 unspecified atom stereocenters. The Labute approximate surface area is 186 Å². The molecular formula is C24H18Cl2N2O2. The Morgan fingerprint density at radius 2 is 1.70 bits per heavy atom. The number of benzene rings is 2. The van der Waals surface area contributed by atoms with Crippen molar-refractivity contribution in [2.75, 3.05) is 6.54 Å². The van der Waals surface area contributed by atoms with Gasteiger partial charge in [0.05, 0.1) is 6.54 Å². The van der Waals surface area contributed by atoms with E-state index in [1.54, 1.807) is 30.6 Å². The highest BCUT2D eigenvalue weighted by Crippen LogP contribution is 2.30. The highest BCUT2D eigenvalue weighted by Gasteiger charge is 2.26. The Kier molecular flexibility index (Phi) is 9.28. The van der Waals surface area contributed by atoms with Crippen LogP contribution in [-0.2, 0) is 4.74 Å². The van der Waals surface area contributed by atoms with Gasteiger partial charge < -0.3 is 10.1 Å². The SMILES string of the molecule is C#C.C(#Cc1cccnc1)c1ccccc1.O=C1NC[C@H](c2cc(Cl)ccc2Cl)O1. The maximum Gasteiger partial charge on any atom is 0.407 e. The van der Waals surface area contributed by atoms with Crippen molar-refractivity contribution in [2.45, 2.75) is 6.10 Å². The van der Waals surface area contributed by atoms with Gasteiger partial charge in [-0.2, -0.15) is 0 Å². The smallest absolute Gasteiger partial charge is 0.407 e. The molecule has 1 aromatic heterocycles. The van der Waals surface area contributed by atoms with Gasteiger partial charge in [-0.3, -0.25) is 4.98 Å². The van der Waals surface area contributed by atoms with Crippen molar-refractivity contribution in [3.8, 4) is 24.7 Å². The molecular weight excluding hydrogens is 419 g/mol. The maximum absolute atomic E-state index is 10.8. The molecule has 1 amide bonds. The van der Waals surface area contributed by atoms with Crippen LogP contribution in [0.15, 0.2) is 73.1 Å². The van der Waals surface area contributed by atoms with Crippen molar-refractivity contribution in [1.82, 2.24) is 10.3 Å². The van der Waals surface area contributed by atoms with Gasteiger partial charge in [0.1, 0.15) is 6.10 Å². The van der Waals surface area contributed by atoms with Crippen molar-refractivity contribution < 1.29 is 9.53 Å². The first-order chi connectivity index (χ1) is 14.6. The summed E-state index contributed by atoms with van der Waals surface area (Å²) >= 11 is 11.8. The molecule has 2 heterocycles. The molecule has 0 aliphatic carbocycles. The predicted octanol–water partition coefficient (Wildman–Crippen LogP) is 5.51. The number of terminal acetylenes is 1. The summed E-state index contributed by atoms with van der Waals surface area (Å²) in [6.07, 6.45) is 10.7. The number of cyclic esters (lactones) is 1. The fourth-order valence-corrected chi connectivity index (χ4v) is 2.85. The zero-order valence-electron chi connectivity index (χ0n) is 15.9. The number of nitrogens with one attached hydrogen (secondary N) is 1. The number of carbonyl (C=O) groups excluding carboxylic acids is 1. The van der Waals surface area contributed by atoms with E-state index in [1.165, 1.54) is 0 Å². The minimum Gasteiger partial charge on any atom is -0.439 e. The van der Waals surface area contributed by atoms with E-state index in [0.29, 0.717) is 16.6 Å². The van der Waals surface area contributed by atoms with Crippen LogP contribution in [0.4, 0.5) is 4.79 Å². The van der Waals surface area contributed by atoms with Gasteiger partial charge in [0.15, 0.2) is 0 Å². The molecule has 1 saturated heterocycles. The molecule has 4 rings (SSSR count). The Bertz CT molecular complexity index is 999. The number of amides is 1. The number of hydrogen-bond donors (Lipinski definition) is 1. The second-order valence-corrected chi connectivity index (χ2v) is 6.64. The minimum absolute atomic E-state index is 0.339. The molecule has 1 atom stereocenters. The van der Waals surface area contributed by atoms with E-state index in [4.69, 9.17) is 27.9 Å². The van der Waals surface area contributed by atoms with Crippen LogP contribution in [0.1, 0.15) is 22.8 Å².